The Labute approximate surface area is 124 Å². The largest absolute Gasteiger partial charge is 0.308 e. The van der Waals surface area contributed by atoms with Gasteiger partial charge in [-0.05, 0) is 48.6 Å². The van der Waals surface area contributed by atoms with Gasteiger partial charge in [-0.1, -0.05) is 24.3 Å². The Hall–Kier alpha value is -1.19. The molecule has 0 spiro atoms. The molecule has 0 radical (unpaired) electrons. The zero-order valence-electron chi connectivity index (χ0n) is 11.6. The predicted octanol–water partition coefficient (Wildman–Crippen LogP) is 3.43. The third-order valence-electron chi connectivity index (χ3n) is 5.00. The highest BCUT2D eigenvalue weighted by molar-refractivity contribution is 7.09. The van der Waals surface area contributed by atoms with E-state index < -0.39 is 0 Å². The Kier molecular flexibility index (Phi) is 3.32. The van der Waals surface area contributed by atoms with Crippen molar-refractivity contribution < 1.29 is 0 Å². The van der Waals surface area contributed by atoms with Crippen molar-refractivity contribution in [1.82, 2.24) is 10.3 Å². The summed E-state index contributed by atoms with van der Waals surface area (Å²) in [5.41, 5.74) is 5.10. The number of benzene rings is 1. The maximum Gasteiger partial charge on any atom is 0.0794 e. The fourth-order valence-electron chi connectivity index (χ4n) is 4.03. The molecule has 0 saturated heterocycles. The number of hydrogen-bond donors (Lipinski definition) is 1. The highest BCUT2D eigenvalue weighted by atomic mass is 32.1. The summed E-state index contributed by atoms with van der Waals surface area (Å²) in [4.78, 5) is 5.52. The van der Waals surface area contributed by atoms with Crippen LogP contribution < -0.4 is 5.32 Å². The van der Waals surface area contributed by atoms with Crippen molar-refractivity contribution in [3.05, 3.63) is 52.0 Å². The molecule has 2 aliphatic carbocycles. The first-order valence-electron chi connectivity index (χ1n) is 7.57. The van der Waals surface area contributed by atoms with Gasteiger partial charge in [0, 0.05) is 23.7 Å². The Morgan fingerprint density at radius 2 is 1.80 bits per heavy atom. The molecule has 1 N–H and O–H groups in total. The number of thiazole rings is 1. The molecule has 2 bridgehead atoms. The average molecular weight is 284 g/mol. The molecule has 2 aromatic rings. The van der Waals surface area contributed by atoms with Crippen LogP contribution in [0.15, 0.2) is 36.0 Å². The molecule has 20 heavy (non-hydrogen) atoms. The standard InChI is InChI=1S/C17H20N2S/c1-2-4-13-8-15-6-5-14(7-12(13)3-1)17(15)19-10-16-9-18-11-20-16/h1-4,9,11,14-15,17,19H,5-8,10H2. The number of aromatic nitrogens is 1. The number of rotatable bonds is 3. The Balaban J connectivity index is 1.52. The van der Waals surface area contributed by atoms with Crippen LogP contribution in [-0.2, 0) is 19.4 Å². The second kappa shape index (κ2) is 5.30. The van der Waals surface area contributed by atoms with Crippen molar-refractivity contribution in [3.8, 4) is 0 Å². The van der Waals surface area contributed by atoms with E-state index in [4.69, 9.17) is 0 Å². The normalized spacial score (nSPS) is 28.1. The molecular formula is C17H20N2S. The molecule has 1 fully saturated rings. The summed E-state index contributed by atoms with van der Waals surface area (Å²) in [5, 5.41) is 3.83. The Bertz CT molecular complexity index is 545. The third kappa shape index (κ3) is 2.29. The van der Waals surface area contributed by atoms with Gasteiger partial charge >= 0.3 is 0 Å². The van der Waals surface area contributed by atoms with E-state index in [0.29, 0.717) is 6.04 Å². The maximum absolute atomic E-state index is 4.17. The number of fused-ring (bicyclic) bond motifs is 3. The minimum Gasteiger partial charge on any atom is -0.308 e. The summed E-state index contributed by atoms with van der Waals surface area (Å²) in [5.74, 6) is 1.63. The summed E-state index contributed by atoms with van der Waals surface area (Å²) in [7, 11) is 0. The van der Waals surface area contributed by atoms with Crippen molar-refractivity contribution in [2.24, 2.45) is 11.8 Å². The van der Waals surface area contributed by atoms with E-state index in [1.165, 1.54) is 30.6 Å². The van der Waals surface area contributed by atoms with Gasteiger partial charge in [0.05, 0.1) is 5.51 Å². The van der Waals surface area contributed by atoms with Crippen LogP contribution in [0, 0.1) is 11.8 Å². The molecule has 1 aromatic heterocycles. The fourth-order valence-corrected chi connectivity index (χ4v) is 4.58. The number of nitrogens with zero attached hydrogens (tertiary/aromatic N) is 1. The highest BCUT2D eigenvalue weighted by Crippen LogP contribution is 2.40. The average Bonchev–Trinajstić information content (AvgIpc) is 3.04. The Morgan fingerprint density at radius 1 is 1.10 bits per heavy atom. The molecule has 1 heterocycles. The number of hydrogen-bond acceptors (Lipinski definition) is 3. The minimum atomic E-state index is 0.685. The molecule has 4 rings (SSSR count). The fraction of sp³-hybridized carbons (Fsp3) is 0.471. The van der Waals surface area contributed by atoms with E-state index in [1.807, 2.05) is 11.7 Å². The van der Waals surface area contributed by atoms with Gasteiger partial charge < -0.3 is 5.32 Å². The molecule has 2 unspecified atom stereocenters. The summed E-state index contributed by atoms with van der Waals surface area (Å²) >= 11 is 1.75. The molecule has 2 aliphatic rings. The maximum atomic E-state index is 4.17. The van der Waals surface area contributed by atoms with Crippen molar-refractivity contribution in [2.45, 2.75) is 38.3 Å². The molecule has 1 saturated carbocycles. The molecule has 3 heteroatoms. The molecule has 2 nitrogen and oxygen atoms in total. The number of nitrogens with one attached hydrogen (secondary N) is 1. The summed E-state index contributed by atoms with van der Waals surface area (Å²) in [6.45, 7) is 0.985. The first-order chi connectivity index (χ1) is 9.90. The van der Waals surface area contributed by atoms with Gasteiger partial charge in [0.1, 0.15) is 0 Å². The lowest BCUT2D eigenvalue weighted by Crippen LogP contribution is -2.37. The van der Waals surface area contributed by atoms with Crippen molar-refractivity contribution in [3.63, 3.8) is 0 Å². The molecule has 0 amide bonds. The lowest BCUT2D eigenvalue weighted by Gasteiger charge is -2.23. The van der Waals surface area contributed by atoms with Gasteiger partial charge in [0.15, 0.2) is 0 Å². The van der Waals surface area contributed by atoms with Crippen LogP contribution in [0.4, 0.5) is 0 Å². The SMILES string of the molecule is c1ccc2c(c1)CC1CCC(C2)C1NCc1cncs1. The van der Waals surface area contributed by atoms with Gasteiger partial charge in [-0.25, -0.2) is 0 Å². The zero-order valence-corrected chi connectivity index (χ0v) is 12.4. The van der Waals surface area contributed by atoms with E-state index in [9.17, 15) is 0 Å². The second-order valence-corrected chi connectivity index (χ2v) is 7.12. The smallest absolute Gasteiger partial charge is 0.0794 e. The Morgan fingerprint density at radius 3 is 2.40 bits per heavy atom. The third-order valence-corrected chi connectivity index (χ3v) is 5.78. The monoisotopic (exact) mass is 284 g/mol. The second-order valence-electron chi connectivity index (χ2n) is 6.15. The van der Waals surface area contributed by atoms with Crippen LogP contribution in [0.3, 0.4) is 0 Å². The van der Waals surface area contributed by atoms with Gasteiger partial charge in [0.25, 0.3) is 0 Å². The molecule has 104 valence electrons. The lowest BCUT2D eigenvalue weighted by atomic mass is 9.94. The van der Waals surface area contributed by atoms with Crippen molar-refractivity contribution in [2.75, 3.05) is 0 Å². The van der Waals surface area contributed by atoms with Gasteiger partial charge in [0.2, 0.25) is 0 Å². The van der Waals surface area contributed by atoms with E-state index in [2.05, 4.69) is 34.6 Å². The van der Waals surface area contributed by atoms with Crippen LogP contribution in [0.1, 0.15) is 28.8 Å². The van der Waals surface area contributed by atoms with Crippen LogP contribution in [0.25, 0.3) is 0 Å². The molecule has 2 atom stereocenters. The van der Waals surface area contributed by atoms with E-state index in [0.717, 1.165) is 18.4 Å². The first kappa shape index (κ1) is 12.5. The van der Waals surface area contributed by atoms with Gasteiger partial charge in [-0.15, -0.1) is 11.3 Å². The van der Waals surface area contributed by atoms with Crippen LogP contribution in [0.5, 0.6) is 0 Å². The van der Waals surface area contributed by atoms with Gasteiger partial charge in [-0.2, -0.15) is 0 Å². The minimum absolute atomic E-state index is 0.685. The van der Waals surface area contributed by atoms with E-state index in [1.54, 1.807) is 22.5 Å². The molecular weight excluding hydrogens is 264 g/mol. The topological polar surface area (TPSA) is 24.9 Å². The molecule has 0 aliphatic heterocycles. The van der Waals surface area contributed by atoms with Gasteiger partial charge in [-0.3, -0.25) is 4.98 Å². The molecule has 1 aromatic carbocycles. The summed E-state index contributed by atoms with van der Waals surface area (Å²) in [6, 6.07) is 9.73. The van der Waals surface area contributed by atoms with E-state index in [-0.39, 0.29) is 0 Å². The lowest BCUT2D eigenvalue weighted by molar-refractivity contribution is 0.341. The predicted molar refractivity (Wildman–Crippen MR) is 82.8 cm³/mol. The quantitative estimate of drug-likeness (QED) is 0.934. The summed E-state index contributed by atoms with van der Waals surface area (Å²) < 4.78 is 0. The van der Waals surface area contributed by atoms with Crippen molar-refractivity contribution >= 4 is 11.3 Å². The first-order valence-corrected chi connectivity index (χ1v) is 8.45. The highest BCUT2D eigenvalue weighted by Gasteiger charge is 2.38. The zero-order chi connectivity index (χ0) is 13.4. The van der Waals surface area contributed by atoms with Crippen molar-refractivity contribution in [1.29, 1.82) is 0 Å². The van der Waals surface area contributed by atoms with Crippen LogP contribution in [0.2, 0.25) is 0 Å². The summed E-state index contributed by atoms with van der Waals surface area (Å²) in [6.07, 6.45) is 7.28. The van der Waals surface area contributed by atoms with Crippen LogP contribution in [-0.4, -0.2) is 11.0 Å². The van der Waals surface area contributed by atoms with E-state index >= 15 is 0 Å². The van der Waals surface area contributed by atoms with Crippen LogP contribution >= 0.6 is 11.3 Å².